The SMILES string of the molecule is CCC(C)CCCCCCCCCCCCCCCCOC(=O)C1CCCCC1C(=O)O. The maximum absolute atomic E-state index is 12.2. The first kappa shape index (κ1) is 29.0. The fraction of sp³-hybridized carbons (Fsp3) is 0.929. The van der Waals surface area contributed by atoms with E-state index in [1.165, 1.54) is 89.9 Å². The summed E-state index contributed by atoms with van der Waals surface area (Å²) in [7, 11) is 0. The Balaban J connectivity index is 1.82. The van der Waals surface area contributed by atoms with Crippen molar-refractivity contribution in [3.05, 3.63) is 0 Å². The van der Waals surface area contributed by atoms with E-state index in [-0.39, 0.29) is 5.97 Å². The molecule has 0 aromatic rings. The number of carbonyl (C=O) groups excluding carboxylic acids is 1. The summed E-state index contributed by atoms with van der Waals surface area (Å²) < 4.78 is 5.39. The van der Waals surface area contributed by atoms with Crippen LogP contribution in [0.1, 0.15) is 142 Å². The third-order valence-corrected chi connectivity index (χ3v) is 7.42. The second-order valence-electron chi connectivity index (χ2n) is 10.3. The molecule has 1 saturated carbocycles. The number of carbonyl (C=O) groups is 2. The highest BCUT2D eigenvalue weighted by Crippen LogP contribution is 2.31. The number of carboxylic acids is 1. The van der Waals surface area contributed by atoms with Gasteiger partial charge in [0, 0.05) is 0 Å². The zero-order valence-electron chi connectivity index (χ0n) is 21.3. The maximum atomic E-state index is 12.2. The molecule has 1 N–H and O–H groups in total. The number of unbranched alkanes of at least 4 members (excludes halogenated alkanes) is 13. The number of carboxylic acid groups (broad SMARTS) is 1. The number of esters is 1. The smallest absolute Gasteiger partial charge is 0.309 e. The average molecular weight is 453 g/mol. The predicted molar refractivity (Wildman–Crippen MR) is 133 cm³/mol. The van der Waals surface area contributed by atoms with Crippen molar-refractivity contribution >= 4 is 11.9 Å². The van der Waals surface area contributed by atoms with Gasteiger partial charge in [-0.15, -0.1) is 0 Å². The minimum absolute atomic E-state index is 0.289. The molecule has 1 rings (SSSR count). The fourth-order valence-electron chi connectivity index (χ4n) is 4.91. The molecule has 0 heterocycles. The van der Waals surface area contributed by atoms with Crippen molar-refractivity contribution in [2.75, 3.05) is 6.61 Å². The lowest BCUT2D eigenvalue weighted by atomic mass is 9.79. The van der Waals surface area contributed by atoms with E-state index >= 15 is 0 Å². The van der Waals surface area contributed by atoms with Gasteiger partial charge in [0.25, 0.3) is 0 Å². The van der Waals surface area contributed by atoms with Gasteiger partial charge in [0.1, 0.15) is 0 Å². The molecule has 0 aliphatic heterocycles. The molecule has 3 unspecified atom stereocenters. The van der Waals surface area contributed by atoms with Crippen molar-refractivity contribution < 1.29 is 19.4 Å². The second-order valence-corrected chi connectivity index (χ2v) is 10.3. The van der Waals surface area contributed by atoms with Gasteiger partial charge >= 0.3 is 11.9 Å². The number of ether oxygens (including phenoxy) is 1. The lowest BCUT2D eigenvalue weighted by molar-refractivity contribution is -0.159. The monoisotopic (exact) mass is 452 g/mol. The van der Waals surface area contributed by atoms with Gasteiger partial charge in [-0.05, 0) is 25.2 Å². The molecule has 0 amide bonds. The molecule has 4 heteroatoms. The Bertz CT molecular complexity index is 476. The summed E-state index contributed by atoms with van der Waals surface area (Å²) in [5, 5.41) is 9.28. The molecular weight excluding hydrogens is 400 g/mol. The highest BCUT2D eigenvalue weighted by Gasteiger charge is 2.36. The average Bonchev–Trinajstić information content (AvgIpc) is 2.80. The topological polar surface area (TPSA) is 63.6 Å². The lowest BCUT2D eigenvalue weighted by Gasteiger charge is -2.26. The molecule has 0 spiro atoms. The third kappa shape index (κ3) is 14.2. The van der Waals surface area contributed by atoms with Crippen molar-refractivity contribution in [1.29, 1.82) is 0 Å². The van der Waals surface area contributed by atoms with Gasteiger partial charge in [0.05, 0.1) is 18.4 Å². The summed E-state index contributed by atoms with van der Waals surface area (Å²) in [6.07, 6.45) is 24.2. The first-order valence-electron chi connectivity index (χ1n) is 14.0. The van der Waals surface area contributed by atoms with Crippen LogP contribution in [0.4, 0.5) is 0 Å². The molecule has 0 bridgehead atoms. The van der Waals surface area contributed by atoms with Gasteiger partial charge < -0.3 is 9.84 Å². The van der Waals surface area contributed by atoms with Gasteiger partial charge in [0.15, 0.2) is 0 Å². The molecule has 1 aliphatic rings. The Hall–Kier alpha value is -1.06. The van der Waals surface area contributed by atoms with Crippen LogP contribution in [0.15, 0.2) is 0 Å². The van der Waals surface area contributed by atoms with E-state index in [1.807, 2.05) is 0 Å². The van der Waals surface area contributed by atoms with E-state index in [2.05, 4.69) is 13.8 Å². The first-order valence-corrected chi connectivity index (χ1v) is 14.0. The predicted octanol–water partition coefficient (Wildman–Crippen LogP) is 8.32. The van der Waals surface area contributed by atoms with Gasteiger partial charge in [-0.25, -0.2) is 0 Å². The molecule has 1 aliphatic carbocycles. The maximum Gasteiger partial charge on any atom is 0.309 e. The molecule has 0 aromatic carbocycles. The zero-order valence-corrected chi connectivity index (χ0v) is 21.3. The Morgan fingerprint density at radius 3 is 1.66 bits per heavy atom. The molecule has 3 atom stereocenters. The van der Waals surface area contributed by atoms with Crippen LogP contribution in [0.25, 0.3) is 0 Å². The number of aliphatic carboxylic acids is 1. The Kier molecular flexibility index (Phi) is 17.6. The van der Waals surface area contributed by atoms with Crippen molar-refractivity contribution in [3.63, 3.8) is 0 Å². The minimum Gasteiger partial charge on any atom is -0.481 e. The van der Waals surface area contributed by atoms with Gasteiger partial charge in [-0.1, -0.05) is 123 Å². The van der Waals surface area contributed by atoms with Crippen molar-refractivity contribution in [2.45, 2.75) is 142 Å². The van der Waals surface area contributed by atoms with E-state index in [0.717, 1.165) is 31.6 Å². The zero-order chi connectivity index (χ0) is 23.4. The van der Waals surface area contributed by atoms with Crippen LogP contribution in [0.3, 0.4) is 0 Å². The molecule has 32 heavy (non-hydrogen) atoms. The summed E-state index contributed by atoms with van der Waals surface area (Å²) in [6, 6.07) is 0. The molecule has 0 aromatic heterocycles. The van der Waals surface area contributed by atoms with E-state index in [1.54, 1.807) is 0 Å². The molecule has 0 saturated heterocycles. The molecule has 1 fully saturated rings. The van der Waals surface area contributed by atoms with Gasteiger partial charge in [-0.2, -0.15) is 0 Å². The van der Waals surface area contributed by atoms with Crippen LogP contribution in [0.5, 0.6) is 0 Å². The molecule has 4 nitrogen and oxygen atoms in total. The number of hydrogen-bond acceptors (Lipinski definition) is 3. The van der Waals surface area contributed by atoms with Crippen LogP contribution < -0.4 is 0 Å². The molecular formula is C28H52O4. The van der Waals surface area contributed by atoms with Crippen molar-refractivity contribution in [3.8, 4) is 0 Å². The minimum atomic E-state index is -0.848. The van der Waals surface area contributed by atoms with Gasteiger partial charge in [0.2, 0.25) is 0 Å². The summed E-state index contributed by atoms with van der Waals surface area (Å²) in [5.74, 6) is -1.21. The van der Waals surface area contributed by atoms with E-state index < -0.39 is 17.8 Å². The van der Waals surface area contributed by atoms with Gasteiger partial charge in [-0.3, -0.25) is 9.59 Å². The lowest BCUT2D eigenvalue weighted by Crippen LogP contribution is -2.33. The summed E-state index contributed by atoms with van der Waals surface area (Å²) in [6.45, 7) is 5.11. The second kappa shape index (κ2) is 19.4. The van der Waals surface area contributed by atoms with E-state index in [4.69, 9.17) is 4.74 Å². The highest BCUT2D eigenvalue weighted by atomic mass is 16.5. The van der Waals surface area contributed by atoms with Crippen molar-refractivity contribution in [1.82, 2.24) is 0 Å². The van der Waals surface area contributed by atoms with Crippen LogP contribution in [-0.4, -0.2) is 23.7 Å². The largest absolute Gasteiger partial charge is 0.481 e. The third-order valence-electron chi connectivity index (χ3n) is 7.42. The normalized spacial score (nSPS) is 19.6. The Morgan fingerprint density at radius 2 is 1.19 bits per heavy atom. The molecule has 0 radical (unpaired) electrons. The standard InChI is InChI=1S/C28H52O4/c1-3-24(2)20-16-14-12-10-8-6-4-5-7-9-11-13-15-19-23-32-28(31)26-22-18-17-21-25(26)27(29)30/h24-26H,3-23H2,1-2H3,(H,29,30). The Morgan fingerprint density at radius 1 is 0.750 bits per heavy atom. The quantitative estimate of drug-likeness (QED) is 0.149. The Labute approximate surface area is 198 Å². The van der Waals surface area contributed by atoms with Crippen LogP contribution in [-0.2, 0) is 14.3 Å². The van der Waals surface area contributed by atoms with E-state index in [0.29, 0.717) is 19.4 Å². The summed E-state index contributed by atoms with van der Waals surface area (Å²) in [4.78, 5) is 23.5. The molecule has 188 valence electrons. The van der Waals surface area contributed by atoms with Crippen molar-refractivity contribution in [2.24, 2.45) is 17.8 Å². The number of rotatable bonds is 20. The van der Waals surface area contributed by atoms with Crippen LogP contribution in [0.2, 0.25) is 0 Å². The first-order chi connectivity index (χ1) is 15.6. The van der Waals surface area contributed by atoms with E-state index in [9.17, 15) is 14.7 Å². The summed E-state index contributed by atoms with van der Waals surface area (Å²) in [5.41, 5.74) is 0. The summed E-state index contributed by atoms with van der Waals surface area (Å²) >= 11 is 0. The van der Waals surface area contributed by atoms with Crippen LogP contribution in [0, 0.1) is 17.8 Å². The van der Waals surface area contributed by atoms with Crippen LogP contribution >= 0.6 is 0 Å². The number of hydrogen-bond donors (Lipinski definition) is 1. The highest BCUT2D eigenvalue weighted by molar-refractivity contribution is 5.81. The fourth-order valence-corrected chi connectivity index (χ4v) is 4.91.